The summed E-state index contributed by atoms with van der Waals surface area (Å²) in [7, 11) is 3.12. The Morgan fingerprint density at radius 3 is 2.52 bits per heavy atom. The second-order valence-electron chi connectivity index (χ2n) is 6.07. The molecule has 0 fully saturated rings. The Kier molecular flexibility index (Phi) is 6.52. The van der Waals surface area contributed by atoms with Crippen LogP contribution in [0.15, 0.2) is 60.9 Å². The zero-order valence-corrected chi connectivity index (χ0v) is 16.1. The standard InChI is InChI=1S/C22H20FN3O3/c1-28-20-9-3-15(11-21(20)29-2)4-10-22(27)24-13-18-12-19(26-14-25-18)16-5-7-17(23)8-6-16/h3-12,14H,13H2,1-2H3,(H,24,27)/b10-4+. The third-order valence-corrected chi connectivity index (χ3v) is 4.14. The number of hydrogen-bond donors (Lipinski definition) is 1. The molecule has 0 aliphatic heterocycles. The molecule has 0 saturated carbocycles. The molecule has 1 aromatic heterocycles. The molecular weight excluding hydrogens is 373 g/mol. The van der Waals surface area contributed by atoms with Gasteiger partial charge in [-0.25, -0.2) is 14.4 Å². The van der Waals surface area contributed by atoms with E-state index in [2.05, 4.69) is 15.3 Å². The number of hydrogen-bond acceptors (Lipinski definition) is 5. The van der Waals surface area contributed by atoms with E-state index in [-0.39, 0.29) is 18.3 Å². The van der Waals surface area contributed by atoms with Crippen LogP contribution in [0.5, 0.6) is 11.5 Å². The number of halogens is 1. The Hall–Kier alpha value is -3.74. The number of rotatable bonds is 7. The highest BCUT2D eigenvalue weighted by molar-refractivity contribution is 5.91. The Balaban J connectivity index is 1.61. The van der Waals surface area contributed by atoms with E-state index < -0.39 is 0 Å². The average molecular weight is 393 g/mol. The van der Waals surface area contributed by atoms with Crippen molar-refractivity contribution in [3.63, 3.8) is 0 Å². The van der Waals surface area contributed by atoms with Gasteiger partial charge in [0.1, 0.15) is 12.1 Å². The first-order valence-corrected chi connectivity index (χ1v) is 8.84. The smallest absolute Gasteiger partial charge is 0.244 e. The fraction of sp³-hybridized carbons (Fsp3) is 0.136. The van der Waals surface area contributed by atoms with Crippen molar-refractivity contribution < 1.29 is 18.7 Å². The zero-order chi connectivity index (χ0) is 20.6. The third kappa shape index (κ3) is 5.38. The van der Waals surface area contributed by atoms with Crippen LogP contribution in [0.1, 0.15) is 11.3 Å². The van der Waals surface area contributed by atoms with Gasteiger partial charge in [-0.1, -0.05) is 6.07 Å². The third-order valence-electron chi connectivity index (χ3n) is 4.14. The van der Waals surface area contributed by atoms with Gasteiger partial charge in [0.15, 0.2) is 11.5 Å². The number of nitrogens with one attached hydrogen (secondary N) is 1. The van der Waals surface area contributed by atoms with Gasteiger partial charge < -0.3 is 14.8 Å². The van der Waals surface area contributed by atoms with Crippen molar-refractivity contribution in [2.24, 2.45) is 0 Å². The van der Waals surface area contributed by atoms with Gasteiger partial charge in [0.05, 0.1) is 32.2 Å². The van der Waals surface area contributed by atoms with Crippen molar-refractivity contribution in [2.75, 3.05) is 14.2 Å². The number of methoxy groups -OCH3 is 2. The fourth-order valence-electron chi connectivity index (χ4n) is 2.64. The Bertz CT molecular complexity index is 1020. The van der Waals surface area contributed by atoms with Crippen LogP contribution in [-0.2, 0) is 11.3 Å². The fourth-order valence-corrected chi connectivity index (χ4v) is 2.64. The maximum atomic E-state index is 13.1. The van der Waals surface area contributed by atoms with E-state index in [1.807, 2.05) is 6.07 Å². The van der Waals surface area contributed by atoms with E-state index >= 15 is 0 Å². The minimum atomic E-state index is -0.309. The molecule has 7 heteroatoms. The van der Waals surface area contributed by atoms with Crippen LogP contribution in [0.25, 0.3) is 17.3 Å². The van der Waals surface area contributed by atoms with Crippen molar-refractivity contribution in [2.45, 2.75) is 6.54 Å². The summed E-state index contributed by atoms with van der Waals surface area (Å²) in [5.74, 6) is 0.637. The topological polar surface area (TPSA) is 73.3 Å². The van der Waals surface area contributed by atoms with Gasteiger partial charge in [-0.05, 0) is 54.1 Å². The minimum Gasteiger partial charge on any atom is -0.493 e. The molecule has 148 valence electrons. The summed E-state index contributed by atoms with van der Waals surface area (Å²) < 4.78 is 23.5. The van der Waals surface area contributed by atoms with Crippen LogP contribution in [0.4, 0.5) is 4.39 Å². The molecule has 0 bridgehead atoms. The number of amides is 1. The predicted octanol–water partition coefficient (Wildman–Crippen LogP) is 3.63. The lowest BCUT2D eigenvalue weighted by Gasteiger charge is -2.07. The van der Waals surface area contributed by atoms with Gasteiger partial charge in [-0.2, -0.15) is 0 Å². The first kappa shape index (κ1) is 20.0. The molecule has 29 heavy (non-hydrogen) atoms. The lowest BCUT2D eigenvalue weighted by Crippen LogP contribution is -2.21. The van der Waals surface area contributed by atoms with E-state index in [0.717, 1.165) is 11.1 Å². The van der Waals surface area contributed by atoms with Gasteiger partial charge >= 0.3 is 0 Å². The second kappa shape index (κ2) is 9.45. The van der Waals surface area contributed by atoms with E-state index in [1.165, 1.54) is 24.5 Å². The van der Waals surface area contributed by atoms with Crippen LogP contribution < -0.4 is 14.8 Å². The molecule has 0 aliphatic rings. The maximum Gasteiger partial charge on any atom is 0.244 e. The number of aromatic nitrogens is 2. The number of ether oxygens (including phenoxy) is 2. The SMILES string of the molecule is COc1ccc(/C=C/C(=O)NCc2cc(-c3ccc(F)cc3)ncn2)cc1OC. The first-order chi connectivity index (χ1) is 14.1. The molecule has 6 nitrogen and oxygen atoms in total. The van der Waals surface area contributed by atoms with Crippen molar-refractivity contribution >= 4 is 12.0 Å². The summed E-state index contributed by atoms with van der Waals surface area (Å²) in [6.07, 6.45) is 4.53. The Morgan fingerprint density at radius 2 is 1.79 bits per heavy atom. The number of benzene rings is 2. The largest absolute Gasteiger partial charge is 0.493 e. The second-order valence-corrected chi connectivity index (χ2v) is 6.07. The van der Waals surface area contributed by atoms with Crippen molar-refractivity contribution in [3.8, 4) is 22.8 Å². The molecule has 1 heterocycles. The maximum absolute atomic E-state index is 13.1. The highest BCUT2D eigenvalue weighted by atomic mass is 19.1. The van der Waals surface area contributed by atoms with Crippen LogP contribution in [0.2, 0.25) is 0 Å². The molecule has 0 spiro atoms. The van der Waals surface area contributed by atoms with Gasteiger partial charge in [-0.15, -0.1) is 0 Å². The number of carbonyl (C=O) groups is 1. The summed E-state index contributed by atoms with van der Waals surface area (Å²) >= 11 is 0. The molecule has 0 saturated heterocycles. The molecule has 0 unspecified atom stereocenters. The quantitative estimate of drug-likeness (QED) is 0.621. The number of carbonyl (C=O) groups excluding carboxylic acids is 1. The molecule has 1 amide bonds. The molecule has 0 atom stereocenters. The molecular formula is C22H20FN3O3. The molecule has 0 aliphatic carbocycles. The predicted molar refractivity (Wildman–Crippen MR) is 108 cm³/mol. The highest BCUT2D eigenvalue weighted by Crippen LogP contribution is 2.27. The van der Waals surface area contributed by atoms with E-state index in [1.54, 1.807) is 50.6 Å². The van der Waals surface area contributed by atoms with E-state index in [0.29, 0.717) is 22.9 Å². The van der Waals surface area contributed by atoms with Gasteiger partial charge in [0.2, 0.25) is 5.91 Å². The Morgan fingerprint density at radius 1 is 1.03 bits per heavy atom. The van der Waals surface area contributed by atoms with Gasteiger partial charge in [0, 0.05) is 11.6 Å². The van der Waals surface area contributed by atoms with Crippen molar-refractivity contribution in [3.05, 3.63) is 78.0 Å². The summed E-state index contributed by atoms with van der Waals surface area (Å²) in [5.41, 5.74) is 2.88. The van der Waals surface area contributed by atoms with E-state index in [9.17, 15) is 9.18 Å². The lowest BCUT2D eigenvalue weighted by atomic mass is 10.1. The van der Waals surface area contributed by atoms with Gasteiger partial charge in [0.25, 0.3) is 0 Å². The van der Waals surface area contributed by atoms with Crippen LogP contribution in [0, 0.1) is 5.82 Å². The monoisotopic (exact) mass is 393 g/mol. The Labute approximate surface area is 168 Å². The molecule has 3 rings (SSSR count). The van der Waals surface area contributed by atoms with Crippen molar-refractivity contribution in [1.82, 2.24) is 15.3 Å². The van der Waals surface area contributed by atoms with E-state index in [4.69, 9.17) is 9.47 Å². The van der Waals surface area contributed by atoms with Crippen LogP contribution in [-0.4, -0.2) is 30.1 Å². The van der Waals surface area contributed by atoms with Crippen LogP contribution in [0.3, 0.4) is 0 Å². The normalized spacial score (nSPS) is 10.7. The zero-order valence-electron chi connectivity index (χ0n) is 16.1. The summed E-state index contributed by atoms with van der Waals surface area (Å²) in [6, 6.07) is 13.2. The van der Waals surface area contributed by atoms with Crippen LogP contribution >= 0.6 is 0 Å². The molecule has 1 N–H and O–H groups in total. The summed E-state index contributed by atoms with van der Waals surface area (Å²) in [4.78, 5) is 20.5. The molecule has 2 aromatic carbocycles. The summed E-state index contributed by atoms with van der Waals surface area (Å²) in [5, 5.41) is 2.78. The summed E-state index contributed by atoms with van der Waals surface area (Å²) in [6.45, 7) is 0.242. The first-order valence-electron chi connectivity index (χ1n) is 8.84. The molecule has 0 radical (unpaired) electrons. The average Bonchev–Trinajstić information content (AvgIpc) is 2.76. The van der Waals surface area contributed by atoms with Crippen molar-refractivity contribution in [1.29, 1.82) is 0 Å². The highest BCUT2D eigenvalue weighted by Gasteiger charge is 2.05. The van der Waals surface area contributed by atoms with Gasteiger partial charge in [-0.3, -0.25) is 4.79 Å². The molecule has 3 aromatic rings. The number of nitrogens with zero attached hydrogens (tertiary/aromatic N) is 2. The minimum absolute atomic E-state index is 0.242. The lowest BCUT2D eigenvalue weighted by molar-refractivity contribution is -0.116.